The molecule has 0 saturated carbocycles. The Bertz CT molecular complexity index is 282. The number of alkyl halides is 1. The fourth-order valence-electron chi connectivity index (χ4n) is 1.65. The lowest BCUT2D eigenvalue weighted by atomic mass is 10.1. The second-order valence-electron chi connectivity index (χ2n) is 3.69. The highest BCUT2D eigenvalue weighted by Gasteiger charge is 2.26. The van der Waals surface area contributed by atoms with Gasteiger partial charge in [0.05, 0.1) is 11.9 Å². The van der Waals surface area contributed by atoms with Crippen LogP contribution >= 0.6 is 0 Å². The SMILES string of the molecule is Cc1cnn(C)c1CN1CC(F)C1. The fraction of sp³-hybridized carbons (Fsp3) is 0.667. The molecule has 2 heterocycles. The molecular formula is C9H14FN3. The van der Waals surface area contributed by atoms with Crippen LogP contribution in [-0.2, 0) is 13.6 Å². The van der Waals surface area contributed by atoms with Gasteiger partial charge in [-0.15, -0.1) is 0 Å². The molecule has 0 unspecified atom stereocenters. The largest absolute Gasteiger partial charge is 0.292 e. The molecule has 2 rings (SSSR count). The van der Waals surface area contributed by atoms with Gasteiger partial charge in [-0.25, -0.2) is 4.39 Å². The molecule has 1 aromatic rings. The van der Waals surface area contributed by atoms with E-state index in [0.717, 1.165) is 6.54 Å². The maximum Gasteiger partial charge on any atom is 0.125 e. The Hall–Kier alpha value is -0.900. The molecule has 1 aliphatic heterocycles. The van der Waals surface area contributed by atoms with Gasteiger partial charge in [-0.1, -0.05) is 0 Å². The highest BCUT2D eigenvalue weighted by atomic mass is 19.1. The fourth-order valence-corrected chi connectivity index (χ4v) is 1.65. The third-order valence-corrected chi connectivity index (χ3v) is 2.56. The first-order valence-electron chi connectivity index (χ1n) is 4.50. The molecule has 13 heavy (non-hydrogen) atoms. The zero-order chi connectivity index (χ0) is 9.42. The van der Waals surface area contributed by atoms with Crippen molar-refractivity contribution < 1.29 is 4.39 Å². The summed E-state index contributed by atoms with van der Waals surface area (Å²) in [7, 11) is 1.93. The molecule has 0 N–H and O–H groups in total. The van der Waals surface area contributed by atoms with Gasteiger partial charge < -0.3 is 0 Å². The zero-order valence-electron chi connectivity index (χ0n) is 8.00. The third-order valence-electron chi connectivity index (χ3n) is 2.56. The van der Waals surface area contributed by atoms with Gasteiger partial charge in [-0.05, 0) is 12.5 Å². The van der Waals surface area contributed by atoms with Crippen LogP contribution in [0.15, 0.2) is 6.20 Å². The van der Waals surface area contributed by atoms with Gasteiger partial charge in [0.1, 0.15) is 6.17 Å². The number of aryl methyl sites for hydroxylation is 2. The Balaban J connectivity index is 2.01. The van der Waals surface area contributed by atoms with E-state index < -0.39 is 6.17 Å². The molecular weight excluding hydrogens is 169 g/mol. The predicted octanol–water partition coefficient (Wildman–Crippen LogP) is 0.882. The molecule has 0 aliphatic carbocycles. The van der Waals surface area contributed by atoms with Crippen LogP contribution in [0.5, 0.6) is 0 Å². The van der Waals surface area contributed by atoms with Crippen molar-refractivity contribution >= 4 is 0 Å². The molecule has 0 amide bonds. The molecule has 1 aromatic heterocycles. The van der Waals surface area contributed by atoms with Gasteiger partial charge in [0.2, 0.25) is 0 Å². The van der Waals surface area contributed by atoms with Crippen LogP contribution in [0.25, 0.3) is 0 Å². The number of nitrogens with zero attached hydrogens (tertiary/aromatic N) is 3. The van der Waals surface area contributed by atoms with E-state index in [1.54, 1.807) is 0 Å². The molecule has 0 spiro atoms. The monoisotopic (exact) mass is 183 g/mol. The number of aromatic nitrogens is 2. The summed E-state index contributed by atoms with van der Waals surface area (Å²) < 4.78 is 14.4. The lowest BCUT2D eigenvalue weighted by Gasteiger charge is -2.34. The van der Waals surface area contributed by atoms with Crippen LogP contribution in [0.4, 0.5) is 4.39 Å². The minimum Gasteiger partial charge on any atom is -0.292 e. The van der Waals surface area contributed by atoms with Gasteiger partial charge in [0.25, 0.3) is 0 Å². The van der Waals surface area contributed by atoms with Crippen molar-refractivity contribution in [3.63, 3.8) is 0 Å². The normalized spacial score (nSPS) is 19.0. The topological polar surface area (TPSA) is 21.1 Å². The number of likely N-dealkylation sites (tertiary alicyclic amines) is 1. The van der Waals surface area contributed by atoms with E-state index in [1.165, 1.54) is 11.3 Å². The summed E-state index contributed by atoms with van der Waals surface area (Å²) in [5.74, 6) is 0. The van der Waals surface area contributed by atoms with Crippen molar-refractivity contribution in [1.82, 2.24) is 14.7 Å². The zero-order valence-corrected chi connectivity index (χ0v) is 8.00. The first-order valence-corrected chi connectivity index (χ1v) is 4.50. The molecule has 3 nitrogen and oxygen atoms in total. The van der Waals surface area contributed by atoms with Crippen LogP contribution in [-0.4, -0.2) is 33.9 Å². The molecule has 0 atom stereocenters. The third kappa shape index (κ3) is 1.58. The Kier molecular flexibility index (Phi) is 2.07. The predicted molar refractivity (Wildman–Crippen MR) is 48.1 cm³/mol. The molecule has 1 saturated heterocycles. The van der Waals surface area contributed by atoms with Crippen molar-refractivity contribution in [1.29, 1.82) is 0 Å². The number of hydrogen-bond donors (Lipinski definition) is 0. The van der Waals surface area contributed by atoms with Crippen LogP contribution in [0.3, 0.4) is 0 Å². The summed E-state index contributed by atoms with van der Waals surface area (Å²) in [4.78, 5) is 2.09. The summed E-state index contributed by atoms with van der Waals surface area (Å²) in [6, 6.07) is 0. The Labute approximate surface area is 77.1 Å². The van der Waals surface area contributed by atoms with Crippen LogP contribution in [0.2, 0.25) is 0 Å². The van der Waals surface area contributed by atoms with Crippen LogP contribution in [0.1, 0.15) is 11.3 Å². The van der Waals surface area contributed by atoms with Crippen LogP contribution < -0.4 is 0 Å². The molecule has 1 fully saturated rings. The lowest BCUT2D eigenvalue weighted by Crippen LogP contribution is -2.47. The van der Waals surface area contributed by atoms with Crippen molar-refractivity contribution in [2.45, 2.75) is 19.6 Å². The summed E-state index contributed by atoms with van der Waals surface area (Å²) in [6.45, 7) is 4.01. The molecule has 0 radical (unpaired) electrons. The van der Waals surface area contributed by atoms with E-state index in [9.17, 15) is 4.39 Å². The van der Waals surface area contributed by atoms with E-state index in [4.69, 9.17) is 0 Å². The van der Waals surface area contributed by atoms with Gasteiger partial charge in [-0.2, -0.15) is 5.10 Å². The number of hydrogen-bond acceptors (Lipinski definition) is 2. The summed E-state index contributed by atoms with van der Waals surface area (Å²) in [5.41, 5.74) is 2.37. The Morgan fingerprint density at radius 3 is 2.77 bits per heavy atom. The second-order valence-corrected chi connectivity index (χ2v) is 3.69. The highest BCUT2D eigenvalue weighted by Crippen LogP contribution is 2.16. The molecule has 0 aromatic carbocycles. The molecule has 1 aliphatic rings. The van der Waals surface area contributed by atoms with E-state index in [-0.39, 0.29) is 0 Å². The summed E-state index contributed by atoms with van der Waals surface area (Å²) >= 11 is 0. The Morgan fingerprint density at radius 1 is 1.62 bits per heavy atom. The van der Waals surface area contributed by atoms with E-state index >= 15 is 0 Å². The maximum atomic E-state index is 12.5. The smallest absolute Gasteiger partial charge is 0.125 e. The summed E-state index contributed by atoms with van der Waals surface area (Å²) in [6.07, 6.45) is 1.23. The minimum atomic E-state index is -0.617. The highest BCUT2D eigenvalue weighted by molar-refractivity contribution is 5.15. The van der Waals surface area contributed by atoms with Crippen molar-refractivity contribution in [3.05, 3.63) is 17.5 Å². The molecule has 0 bridgehead atoms. The summed E-state index contributed by atoms with van der Waals surface area (Å²) in [5, 5.41) is 4.14. The minimum absolute atomic E-state index is 0.574. The van der Waals surface area contributed by atoms with E-state index in [0.29, 0.717) is 13.1 Å². The first-order chi connectivity index (χ1) is 6.16. The quantitative estimate of drug-likeness (QED) is 0.678. The van der Waals surface area contributed by atoms with E-state index in [2.05, 4.69) is 10.00 Å². The van der Waals surface area contributed by atoms with Crippen molar-refractivity contribution in [2.75, 3.05) is 13.1 Å². The Morgan fingerprint density at radius 2 is 2.31 bits per heavy atom. The molecule has 4 heteroatoms. The van der Waals surface area contributed by atoms with Gasteiger partial charge in [-0.3, -0.25) is 9.58 Å². The maximum absolute atomic E-state index is 12.5. The second kappa shape index (κ2) is 3.10. The van der Waals surface area contributed by atoms with Gasteiger partial charge in [0.15, 0.2) is 0 Å². The van der Waals surface area contributed by atoms with Gasteiger partial charge in [0, 0.05) is 26.7 Å². The lowest BCUT2D eigenvalue weighted by molar-refractivity contribution is 0.0569. The average molecular weight is 183 g/mol. The van der Waals surface area contributed by atoms with Gasteiger partial charge >= 0.3 is 0 Å². The van der Waals surface area contributed by atoms with Crippen molar-refractivity contribution in [3.8, 4) is 0 Å². The first kappa shape index (κ1) is 8.69. The number of rotatable bonds is 2. The standard InChI is InChI=1S/C9H14FN3/c1-7-3-11-12(2)9(7)6-13-4-8(10)5-13/h3,8H,4-6H2,1-2H3. The van der Waals surface area contributed by atoms with E-state index in [1.807, 2.05) is 24.9 Å². The molecule has 72 valence electrons. The number of halogens is 1. The van der Waals surface area contributed by atoms with Crippen molar-refractivity contribution in [2.24, 2.45) is 7.05 Å². The van der Waals surface area contributed by atoms with Crippen LogP contribution in [0, 0.1) is 6.92 Å². The average Bonchev–Trinajstić information content (AvgIpc) is 2.32.